The number of rotatable bonds is 5. The number of nitrogens with two attached hydrogens (primary N) is 1. The smallest absolute Gasteiger partial charge is 0.225 e. The Morgan fingerprint density at radius 1 is 1.38 bits per heavy atom. The van der Waals surface area contributed by atoms with Crippen molar-refractivity contribution in [2.45, 2.75) is 11.4 Å². The number of aromatic nitrogens is 2. The van der Waals surface area contributed by atoms with Crippen molar-refractivity contribution in [3.8, 4) is 0 Å². The number of nitrogens with zero attached hydrogens (tertiary/aromatic N) is 2. The van der Waals surface area contributed by atoms with Gasteiger partial charge >= 0.3 is 0 Å². The van der Waals surface area contributed by atoms with Crippen molar-refractivity contribution in [3.05, 3.63) is 40.8 Å². The van der Waals surface area contributed by atoms with Gasteiger partial charge in [-0.25, -0.2) is 9.97 Å². The van der Waals surface area contributed by atoms with E-state index in [0.717, 1.165) is 5.03 Å². The SMILES string of the molecule is Nc1cc(Cl)cc(Cl)c1NC(=O)CCSc1ccncn1. The van der Waals surface area contributed by atoms with Crippen molar-refractivity contribution in [1.82, 2.24) is 9.97 Å². The lowest BCUT2D eigenvalue weighted by Gasteiger charge is -2.10. The Labute approximate surface area is 136 Å². The molecule has 1 heterocycles. The lowest BCUT2D eigenvalue weighted by Crippen LogP contribution is -2.14. The molecule has 2 rings (SSSR count). The highest BCUT2D eigenvalue weighted by molar-refractivity contribution is 7.99. The third-order valence-electron chi connectivity index (χ3n) is 2.48. The average Bonchev–Trinajstić information content (AvgIpc) is 2.44. The van der Waals surface area contributed by atoms with Gasteiger partial charge in [-0.05, 0) is 18.2 Å². The molecule has 0 aliphatic carbocycles. The van der Waals surface area contributed by atoms with Crippen LogP contribution in [0.4, 0.5) is 11.4 Å². The van der Waals surface area contributed by atoms with E-state index < -0.39 is 0 Å². The van der Waals surface area contributed by atoms with Crippen LogP contribution in [0.5, 0.6) is 0 Å². The van der Waals surface area contributed by atoms with Gasteiger partial charge in [0.05, 0.1) is 21.4 Å². The fourth-order valence-electron chi connectivity index (χ4n) is 1.54. The molecule has 0 aliphatic rings. The molecule has 0 radical (unpaired) electrons. The van der Waals surface area contributed by atoms with Crippen LogP contribution < -0.4 is 11.1 Å². The molecule has 0 saturated heterocycles. The second-order valence-electron chi connectivity index (χ2n) is 4.05. The summed E-state index contributed by atoms with van der Waals surface area (Å²) < 4.78 is 0. The summed E-state index contributed by atoms with van der Waals surface area (Å²) >= 11 is 13.3. The molecule has 0 aliphatic heterocycles. The van der Waals surface area contributed by atoms with Crippen LogP contribution >= 0.6 is 35.0 Å². The lowest BCUT2D eigenvalue weighted by atomic mass is 10.2. The molecule has 5 nitrogen and oxygen atoms in total. The molecule has 0 saturated carbocycles. The van der Waals surface area contributed by atoms with Crippen molar-refractivity contribution in [3.63, 3.8) is 0 Å². The highest BCUT2D eigenvalue weighted by Gasteiger charge is 2.10. The van der Waals surface area contributed by atoms with E-state index in [0.29, 0.717) is 33.6 Å². The standard InChI is InChI=1S/C13H12Cl2N4OS/c14-8-5-9(15)13(10(16)6-8)19-11(20)2-4-21-12-1-3-17-7-18-12/h1,3,5-7H,2,4,16H2,(H,19,20). The Hall–Kier alpha value is -1.50. The molecular weight excluding hydrogens is 331 g/mol. The molecule has 1 aromatic carbocycles. The zero-order chi connectivity index (χ0) is 15.2. The van der Waals surface area contributed by atoms with E-state index >= 15 is 0 Å². The number of halogens is 2. The molecular formula is C13H12Cl2N4OS. The highest BCUT2D eigenvalue weighted by Crippen LogP contribution is 2.32. The zero-order valence-electron chi connectivity index (χ0n) is 10.8. The van der Waals surface area contributed by atoms with Gasteiger partial charge in [-0.2, -0.15) is 0 Å². The van der Waals surface area contributed by atoms with Crippen LogP contribution in [-0.4, -0.2) is 21.6 Å². The predicted octanol–water partition coefficient (Wildman–Crippen LogP) is 3.49. The number of hydrogen-bond donors (Lipinski definition) is 2. The van der Waals surface area contributed by atoms with Crippen molar-refractivity contribution in [2.24, 2.45) is 0 Å². The largest absolute Gasteiger partial charge is 0.397 e. The van der Waals surface area contributed by atoms with E-state index in [-0.39, 0.29) is 5.91 Å². The van der Waals surface area contributed by atoms with E-state index in [9.17, 15) is 4.79 Å². The van der Waals surface area contributed by atoms with Gasteiger partial charge in [0.25, 0.3) is 0 Å². The number of nitrogen functional groups attached to an aromatic ring is 1. The molecule has 110 valence electrons. The fraction of sp³-hybridized carbons (Fsp3) is 0.154. The topological polar surface area (TPSA) is 80.9 Å². The Balaban J connectivity index is 1.88. The summed E-state index contributed by atoms with van der Waals surface area (Å²) in [6.07, 6.45) is 3.44. The zero-order valence-corrected chi connectivity index (χ0v) is 13.2. The van der Waals surface area contributed by atoms with E-state index in [2.05, 4.69) is 15.3 Å². The van der Waals surface area contributed by atoms with Crippen LogP contribution in [0.1, 0.15) is 6.42 Å². The van der Waals surface area contributed by atoms with E-state index in [4.69, 9.17) is 28.9 Å². The predicted molar refractivity (Wildman–Crippen MR) is 86.9 cm³/mol. The molecule has 2 aromatic rings. The summed E-state index contributed by atoms with van der Waals surface area (Å²) in [5.74, 6) is 0.418. The van der Waals surface area contributed by atoms with Gasteiger partial charge < -0.3 is 11.1 Å². The van der Waals surface area contributed by atoms with Crippen LogP contribution in [0.2, 0.25) is 10.0 Å². The van der Waals surface area contributed by atoms with Crippen molar-refractivity contribution in [1.29, 1.82) is 0 Å². The summed E-state index contributed by atoms with van der Waals surface area (Å²) in [5, 5.41) is 4.25. The number of amides is 1. The summed E-state index contributed by atoms with van der Waals surface area (Å²) in [4.78, 5) is 19.8. The molecule has 3 N–H and O–H groups in total. The van der Waals surface area contributed by atoms with Gasteiger partial charge in [0.2, 0.25) is 5.91 Å². The maximum atomic E-state index is 11.9. The van der Waals surface area contributed by atoms with Gasteiger partial charge in [0.15, 0.2) is 0 Å². The summed E-state index contributed by atoms with van der Waals surface area (Å²) in [6, 6.07) is 4.86. The molecule has 0 fully saturated rings. The molecule has 0 atom stereocenters. The number of carbonyl (C=O) groups is 1. The van der Waals surface area contributed by atoms with Gasteiger partial charge in [-0.15, -0.1) is 11.8 Å². The quantitative estimate of drug-likeness (QED) is 0.493. The highest BCUT2D eigenvalue weighted by atomic mass is 35.5. The molecule has 0 unspecified atom stereocenters. The number of benzene rings is 1. The minimum atomic E-state index is -0.174. The van der Waals surface area contributed by atoms with Gasteiger partial charge in [-0.3, -0.25) is 4.79 Å². The first-order valence-electron chi connectivity index (χ1n) is 5.99. The lowest BCUT2D eigenvalue weighted by molar-refractivity contribution is -0.115. The number of thioether (sulfide) groups is 1. The Kier molecular flexibility index (Phi) is 5.67. The van der Waals surface area contributed by atoms with E-state index in [1.54, 1.807) is 18.3 Å². The van der Waals surface area contributed by atoms with Crippen LogP contribution in [-0.2, 0) is 4.79 Å². The Morgan fingerprint density at radius 3 is 2.86 bits per heavy atom. The summed E-state index contributed by atoms with van der Waals surface area (Å²) in [5.41, 5.74) is 6.51. The Bertz CT molecular complexity index is 616. The van der Waals surface area contributed by atoms with E-state index in [1.807, 2.05) is 0 Å². The maximum absolute atomic E-state index is 11.9. The minimum absolute atomic E-state index is 0.174. The number of carbonyl (C=O) groups excluding carboxylic acids is 1. The summed E-state index contributed by atoms with van der Waals surface area (Å²) in [6.45, 7) is 0. The summed E-state index contributed by atoms with van der Waals surface area (Å²) in [7, 11) is 0. The normalized spacial score (nSPS) is 10.4. The van der Waals surface area contributed by atoms with Crippen LogP contribution in [0, 0.1) is 0 Å². The third kappa shape index (κ3) is 4.77. The molecule has 8 heteroatoms. The molecule has 0 bridgehead atoms. The number of anilines is 2. The maximum Gasteiger partial charge on any atom is 0.225 e. The van der Waals surface area contributed by atoms with Crippen LogP contribution in [0.3, 0.4) is 0 Å². The van der Waals surface area contributed by atoms with E-state index in [1.165, 1.54) is 24.2 Å². The van der Waals surface area contributed by atoms with Gasteiger partial charge in [0.1, 0.15) is 6.33 Å². The van der Waals surface area contributed by atoms with Crippen LogP contribution in [0.15, 0.2) is 35.7 Å². The molecule has 1 aromatic heterocycles. The first-order chi connectivity index (χ1) is 10.1. The first kappa shape index (κ1) is 15.9. The first-order valence-corrected chi connectivity index (χ1v) is 7.73. The average molecular weight is 343 g/mol. The van der Waals surface area contributed by atoms with Gasteiger partial charge in [-0.1, -0.05) is 23.2 Å². The van der Waals surface area contributed by atoms with Crippen molar-refractivity contribution < 1.29 is 4.79 Å². The molecule has 21 heavy (non-hydrogen) atoms. The second-order valence-corrected chi connectivity index (χ2v) is 6.00. The van der Waals surface area contributed by atoms with Gasteiger partial charge in [0, 0.05) is 23.4 Å². The molecule has 1 amide bonds. The number of hydrogen-bond acceptors (Lipinski definition) is 5. The number of nitrogens with one attached hydrogen (secondary N) is 1. The third-order valence-corrected chi connectivity index (χ3v) is 3.95. The Morgan fingerprint density at radius 2 is 2.19 bits per heavy atom. The van der Waals surface area contributed by atoms with Crippen molar-refractivity contribution >= 4 is 52.2 Å². The van der Waals surface area contributed by atoms with Crippen molar-refractivity contribution in [2.75, 3.05) is 16.8 Å². The second kappa shape index (κ2) is 7.49. The van der Waals surface area contributed by atoms with Crippen LogP contribution in [0.25, 0.3) is 0 Å². The fourth-order valence-corrected chi connectivity index (χ4v) is 2.87. The monoisotopic (exact) mass is 342 g/mol. The molecule has 0 spiro atoms. The minimum Gasteiger partial charge on any atom is -0.397 e.